The third-order valence-corrected chi connectivity index (χ3v) is 8.75. The van der Waals surface area contributed by atoms with Gasteiger partial charge in [0.2, 0.25) is 0 Å². The molecule has 1 aliphatic carbocycles. The van der Waals surface area contributed by atoms with Crippen LogP contribution in [0.4, 0.5) is 4.79 Å². The average molecular weight is 605 g/mol. The normalized spacial score (nSPS) is 20.6. The third-order valence-electron chi connectivity index (χ3n) is 8.52. The van der Waals surface area contributed by atoms with Crippen LogP contribution in [-0.4, -0.2) is 58.3 Å². The van der Waals surface area contributed by atoms with E-state index in [4.69, 9.17) is 21.1 Å². The number of hydrogen-bond acceptors (Lipinski definition) is 7. The molecule has 2 aliphatic rings. The predicted octanol–water partition coefficient (Wildman–Crippen LogP) is 6.74. The molecule has 1 amide bonds. The Morgan fingerprint density at radius 1 is 1.09 bits per heavy atom. The van der Waals surface area contributed by atoms with Crippen LogP contribution in [0.2, 0.25) is 5.02 Å². The Morgan fingerprint density at radius 3 is 2.58 bits per heavy atom. The first-order valence-corrected chi connectivity index (χ1v) is 15.5. The fourth-order valence-corrected chi connectivity index (χ4v) is 6.59. The Kier molecular flexibility index (Phi) is 9.37. The second-order valence-corrected chi connectivity index (χ2v) is 13.0. The summed E-state index contributed by atoms with van der Waals surface area (Å²) in [5.41, 5.74) is 4.87. The van der Waals surface area contributed by atoms with E-state index in [0.717, 1.165) is 73.3 Å². The lowest BCUT2D eigenvalue weighted by Crippen LogP contribution is -2.49. The quantitative estimate of drug-likeness (QED) is 0.299. The minimum Gasteiger partial charge on any atom is -0.462 e. The highest BCUT2D eigenvalue weighted by Crippen LogP contribution is 2.42. The number of amides is 1. The van der Waals surface area contributed by atoms with Crippen LogP contribution in [0.3, 0.4) is 0 Å². The second-order valence-electron chi connectivity index (χ2n) is 12.5. The van der Waals surface area contributed by atoms with Crippen LogP contribution < -0.4 is 5.32 Å². The molecule has 2 heterocycles. The minimum atomic E-state index is -0.553. The van der Waals surface area contributed by atoms with Gasteiger partial charge < -0.3 is 14.8 Å². The molecular weight excluding hydrogens is 564 g/mol. The monoisotopic (exact) mass is 604 g/mol. The molecule has 1 fully saturated rings. The van der Waals surface area contributed by atoms with Crippen LogP contribution >= 0.6 is 11.6 Å². The van der Waals surface area contributed by atoms with E-state index < -0.39 is 11.7 Å². The van der Waals surface area contributed by atoms with Gasteiger partial charge >= 0.3 is 12.1 Å². The van der Waals surface area contributed by atoms with E-state index in [1.165, 1.54) is 0 Å². The summed E-state index contributed by atoms with van der Waals surface area (Å²) in [7, 11) is 0. The van der Waals surface area contributed by atoms with Gasteiger partial charge in [0.25, 0.3) is 0 Å². The van der Waals surface area contributed by atoms with Crippen LogP contribution in [0.15, 0.2) is 54.9 Å². The number of ether oxygens (including phenoxy) is 2. The SMILES string of the molecule is CCOC(=O)c1cccc(-c2ncnc3c2CCN([C@H]2CC[C@](CNC(=O)OC(C)(C)C)(c4cccc(Cl)c4)CC2)C3)c1. The lowest BCUT2D eigenvalue weighted by atomic mass is 9.67. The van der Waals surface area contributed by atoms with Gasteiger partial charge in [0.1, 0.15) is 11.9 Å². The van der Waals surface area contributed by atoms with Crippen molar-refractivity contribution in [2.24, 2.45) is 0 Å². The van der Waals surface area contributed by atoms with Crippen molar-refractivity contribution in [3.8, 4) is 11.3 Å². The van der Waals surface area contributed by atoms with Gasteiger partial charge in [-0.1, -0.05) is 35.9 Å². The number of hydrogen-bond donors (Lipinski definition) is 1. The summed E-state index contributed by atoms with van der Waals surface area (Å²) in [6.45, 7) is 9.92. The predicted molar refractivity (Wildman–Crippen MR) is 167 cm³/mol. The zero-order valence-corrected chi connectivity index (χ0v) is 26.2. The number of benzene rings is 2. The number of rotatable bonds is 7. The molecule has 0 spiro atoms. The van der Waals surface area contributed by atoms with Crippen LogP contribution in [0.25, 0.3) is 11.3 Å². The number of aromatic nitrogens is 2. The third kappa shape index (κ3) is 7.36. The molecule has 3 aromatic rings. The molecule has 0 unspecified atom stereocenters. The molecule has 0 atom stereocenters. The van der Waals surface area contributed by atoms with E-state index in [1.54, 1.807) is 19.3 Å². The molecule has 0 bridgehead atoms. The first-order valence-electron chi connectivity index (χ1n) is 15.1. The molecule has 8 nitrogen and oxygen atoms in total. The summed E-state index contributed by atoms with van der Waals surface area (Å²) in [6.07, 6.45) is 5.91. The van der Waals surface area contributed by atoms with Crippen molar-refractivity contribution in [1.29, 1.82) is 0 Å². The van der Waals surface area contributed by atoms with Gasteiger partial charge in [-0.25, -0.2) is 19.6 Å². The Morgan fingerprint density at radius 2 is 1.86 bits per heavy atom. The molecule has 2 aromatic carbocycles. The summed E-state index contributed by atoms with van der Waals surface area (Å²) in [5, 5.41) is 3.75. The molecule has 0 saturated heterocycles. The standard InChI is InChI=1S/C34H41ClN4O4/c1-5-42-31(40)24-9-6-8-23(18-24)30-28-14-17-39(20-29(28)37-22-38-30)27-12-15-34(16-13-27,25-10-7-11-26(35)19-25)21-36-32(41)43-33(2,3)4/h6-11,18-19,22,27H,5,12-17,20-21H2,1-4H3,(H,36,41)/t27-,34-. The first kappa shape index (κ1) is 31.0. The molecule has 9 heteroatoms. The lowest BCUT2D eigenvalue weighted by Gasteiger charge is -2.45. The van der Waals surface area contributed by atoms with Gasteiger partial charge in [0.15, 0.2) is 0 Å². The van der Waals surface area contributed by atoms with Crippen molar-refractivity contribution in [3.63, 3.8) is 0 Å². The summed E-state index contributed by atoms with van der Waals surface area (Å²) >= 11 is 6.41. The maximum absolute atomic E-state index is 12.6. The maximum atomic E-state index is 12.6. The summed E-state index contributed by atoms with van der Waals surface area (Å²) in [6, 6.07) is 15.9. The Labute approximate surface area is 259 Å². The Hall–Kier alpha value is -3.49. The van der Waals surface area contributed by atoms with E-state index in [0.29, 0.717) is 29.8 Å². The van der Waals surface area contributed by atoms with E-state index in [1.807, 2.05) is 57.2 Å². The van der Waals surface area contributed by atoms with Crippen molar-refractivity contribution >= 4 is 23.7 Å². The number of nitrogens with zero attached hydrogens (tertiary/aromatic N) is 3. The van der Waals surface area contributed by atoms with Gasteiger partial charge in [-0.05, 0) is 89.6 Å². The number of nitrogens with one attached hydrogen (secondary N) is 1. The van der Waals surface area contributed by atoms with Gasteiger partial charge in [0, 0.05) is 47.2 Å². The molecule has 43 heavy (non-hydrogen) atoms. The van der Waals surface area contributed by atoms with Crippen LogP contribution in [0.1, 0.15) is 80.6 Å². The number of fused-ring (bicyclic) bond motifs is 1. The van der Waals surface area contributed by atoms with Crippen molar-refractivity contribution in [3.05, 3.63) is 82.3 Å². The second kappa shape index (κ2) is 13.0. The van der Waals surface area contributed by atoms with Crippen LogP contribution in [0, 0.1) is 0 Å². The number of carbonyl (C=O) groups excluding carboxylic acids is 2. The summed E-state index contributed by atoms with van der Waals surface area (Å²) in [4.78, 5) is 36.7. The van der Waals surface area contributed by atoms with E-state index in [9.17, 15) is 9.59 Å². The molecule has 1 saturated carbocycles. The van der Waals surface area contributed by atoms with Crippen molar-refractivity contribution in [2.75, 3.05) is 19.7 Å². The van der Waals surface area contributed by atoms with Crippen molar-refractivity contribution in [1.82, 2.24) is 20.2 Å². The number of esters is 1. The topological polar surface area (TPSA) is 93.6 Å². The molecule has 5 rings (SSSR count). The zero-order chi connectivity index (χ0) is 30.6. The molecule has 1 aromatic heterocycles. The van der Waals surface area contributed by atoms with Crippen molar-refractivity contribution in [2.45, 2.75) is 83.4 Å². The summed E-state index contributed by atoms with van der Waals surface area (Å²) in [5.74, 6) is -0.328. The highest BCUT2D eigenvalue weighted by atomic mass is 35.5. The van der Waals surface area contributed by atoms with Gasteiger partial charge in [-0.2, -0.15) is 0 Å². The van der Waals surface area contributed by atoms with Gasteiger partial charge in [0.05, 0.1) is 23.6 Å². The fourth-order valence-electron chi connectivity index (χ4n) is 6.40. The highest BCUT2D eigenvalue weighted by molar-refractivity contribution is 6.30. The molecule has 1 N–H and O–H groups in total. The Bertz CT molecular complexity index is 1460. The minimum absolute atomic E-state index is 0.217. The lowest BCUT2D eigenvalue weighted by molar-refractivity contribution is 0.0491. The molecule has 1 aliphatic heterocycles. The average Bonchev–Trinajstić information content (AvgIpc) is 2.99. The highest BCUT2D eigenvalue weighted by Gasteiger charge is 2.40. The van der Waals surface area contributed by atoms with Gasteiger partial charge in [-0.3, -0.25) is 4.90 Å². The molecule has 228 valence electrons. The smallest absolute Gasteiger partial charge is 0.407 e. The zero-order valence-electron chi connectivity index (χ0n) is 25.5. The number of halogens is 1. The van der Waals surface area contributed by atoms with Crippen molar-refractivity contribution < 1.29 is 19.1 Å². The van der Waals surface area contributed by atoms with E-state index in [2.05, 4.69) is 26.3 Å². The van der Waals surface area contributed by atoms with Crippen LogP contribution in [0.5, 0.6) is 0 Å². The van der Waals surface area contributed by atoms with Crippen LogP contribution in [-0.2, 0) is 27.9 Å². The first-order chi connectivity index (χ1) is 20.6. The number of alkyl carbamates (subject to hydrolysis) is 1. The molecule has 0 radical (unpaired) electrons. The summed E-state index contributed by atoms with van der Waals surface area (Å²) < 4.78 is 10.7. The van der Waals surface area contributed by atoms with E-state index >= 15 is 0 Å². The molecular formula is C34H41ClN4O4. The fraction of sp³-hybridized carbons (Fsp3) is 0.471. The number of carbonyl (C=O) groups is 2. The largest absolute Gasteiger partial charge is 0.462 e. The maximum Gasteiger partial charge on any atom is 0.407 e. The van der Waals surface area contributed by atoms with E-state index in [-0.39, 0.29) is 11.4 Å². The Balaban J connectivity index is 1.30. The van der Waals surface area contributed by atoms with Gasteiger partial charge in [-0.15, -0.1) is 0 Å².